The molecule has 0 spiro atoms. The molecule has 2 rings (SSSR count). The number of ether oxygens (including phenoxy) is 1. The van der Waals surface area contributed by atoms with Gasteiger partial charge in [0.05, 0.1) is 18.5 Å². The van der Waals surface area contributed by atoms with E-state index in [9.17, 15) is 0 Å². The van der Waals surface area contributed by atoms with Crippen LogP contribution < -0.4 is 5.73 Å². The summed E-state index contributed by atoms with van der Waals surface area (Å²) in [5, 5.41) is 4.27. The molecule has 1 aromatic carbocycles. The van der Waals surface area contributed by atoms with E-state index in [2.05, 4.69) is 5.10 Å². The van der Waals surface area contributed by atoms with E-state index in [1.807, 2.05) is 36.0 Å². The minimum absolute atomic E-state index is 0.577. The van der Waals surface area contributed by atoms with Gasteiger partial charge in [-0.2, -0.15) is 5.10 Å². The first-order valence-electron chi connectivity index (χ1n) is 5.09. The van der Waals surface area contributed by atoms with E-state index in [-0.39, 0.29) is 0 Å². The number of nitrogens with two attached hydrogens (primary N) is 1. The van der Waals surface area contributed by atoms with Gasteiger partial charge < -0.3 is 10.5 Å². The molecule has 84 valence electrons. The summed E-state index contributed by atoms with van der Waals surface area (Å²) in [5.41, 5.74) is 9.69. The summed E-state index contributed by atoms with van der Waals surface area (Å²) in [7, 11) is 1.67. The Balaban J connectivity index is 2.31. The van der Waals surface area contributed by atoms with E-state index in [1.165, 1.54) is 0 Å². The van der Waals surface area contributed by atoms with Crippen LogP contribution in [-0.4, -0.2) is 16.9 Å². The van der Waals surface area contributed by atoms with Crippen LogP contribution >= 0.6 is 0 Å². The van der Waals surface area contributed by atoms with E-state index in [0.717, 1.165) is 22.5 Å². The molecule has 2 aromatic rings. The summed E-state index contributed by atoms with van der Waals surface area (Å²) in [6.45, 7) is 2.56. The molecule has 1 aromatic heterocycles. The highest BCUT2D eigenvalue weighted by molar-refractivity contribution is 5.51. The Morgan fingerprint density at radius 3 is 2.94 bits per heavy atom. The summed E-state index contributed by atoms with van der Waals surface area (Å²) in [5.74, 6) is 0. The first-order valence-corrected chi connectivity index (χ1v) is 5.09. The summed E-state index contributed by atoms with van der Waals surface area (Å²) in [6, 6.07) is 5.85. The lowest BCUT2D eigenvalue weighted by Crippen LogP contribution is -1.97. The quantitative estimate of drug-likeness (QED) is 0.799. The van der Waals surface area contributed by atoms with Crippen molar-refractivity contribution in [3.63, 3.8) is 0 Å². The number of aryl methyl sites for hydroxylation is 1. The van der Waals surface area contributed by atoms with Crippen LogP contribution in [0.25, 0.3) is 5.69 Å². The fourth-order valence-corrected chi connectivity index (χ4v) is 1.54. The average molecular weight is 217 g/mol. The topological polar surface area (TPSA) is 53.1 Å². The van der Waals surface area contributed by atoms with Crippen LogP contribution in [-0.2, 0) is 11.3 Å². The number of anilines is 1. The molecule has 0 radical (unpaired) electrons. The van der Waals surface area contributed by atoms with Crippen molar-refractivity contribution in [1.82, 2.24) is 9.78 Å². The number of rotatable bonds is 3. The van der Waals surface area contributed by atoms with Gasteiger partial charge in [0.1, 0.15) is 0 Å². The molecule has 0 saturated heterocycles. The highest BCUT2D eigenvalue weighted by Crippen LogP contribution is 2.16. The molecule has 1 heterocycles. The zero-order chi connectivity index (χ0) is 11.5. The lowest BCUT2D eigenvalue weighted by molar-refractivity contribution is 0.185. The molecule has 2 N–H and O–H groups in total. The van der Waals surface area contributed by atoms with Crippen molar-refractivity contribution in [3.8, 4) is 5.69 Å². The molecule has 0 aliphatic heterocycles. The predicted molar refractivity (Wildman–Crippen MR) is 63.4 cm³/mol. The van der Waals surface area contributed by atoms with Gasteiger partial charge in [-0.05, 0) is 30.7 Å². The van der Waals surface area contributed by atoms with Crippen LogP contribution in [0.5, 0.6) is 0 Å². The number of hydrogen-bond donors (Lipinski definition) is 1. The molecule has 0 fully saturated rings. The molecular weight excluding hydrogens is 202 g/mol. The Kier molecular flexibility index (Phi) is 2.92. The average Bonchev–Trinajstić information content (AvgIpc) is 2.71. The fourth-order valence-electron chi connectivity index (χ4n) is 1.54. The summed E-state index contributed by atoms with van der Waals surface area (Å²) >= 11 is 0. The van der Waals surface area contributed by atoms with E-state index >= 15 is 0 Å². The monoisotopic (exact) mass is 217 g/mol. The van der Waals surface area contributed by atoms with Gasteiger partial charge >= 0.3 is 0 Å². The van der Waals surface area contributed by atoms with Crippen molar-refractivity contribution in [2.75, 3.05) is 12.8 Å². The second-order valence-corrected chi connectivity index (χ2v) is 3.77. The highest BCUT2D eigenvalue weighted by Gasteiger charge is 2.02. The van der Waals surface area contributed by atoms with Crippen molar-refractivity contribution in [1.29, 1.82) is 0 Å². The summed E-state index contributed by atoms with van der Waals surface area (Å²) in [6.07, 6.45) is 3.75. The third-order valence-corrected chi connectivity index (χ3v) is 2.46. The van der Waals surface area contributed by atoms with Crippen LogP contribution in [0.2, 0.25) is 0 Å². The maximum absolute atomic E-state index is 5.77. The van der Waals surface area contributed by atoms with Crippen LogP contribution in [0.1, 0.15) is 11.1 Å². The van der Waals surface area contributed by atoms with Crippen LogP contribution in [0, 0.1) is 6.92 Å². The molecule has 0 atom stereocenters. The fraction of sp³-hybridized carbons (Fsp3) is 0.250. The first-order chi connectivity index (χ1) is 7.70. The molecular formula is C12H15N3O. The highest BCUT2D eigenvalue weighted by atomic mass is 16.5. The normalized spacial score (nSPS) is 10.6. The summed E-state index contributed by atoms with van der Waals surface area (Å²) < 4.78 is 6.87. The molecule has 0 amide bonds. The molecule has 4 nitrogen and oxygen atoms in total. The number of methoxy groups -OCH3 is 1. The smallest absolute Gasteiger partial charge is 0.0743 e. The number of hydrogen-bond acceptors (Lipinski definition) is 3. The van der Waals surface area contributed by atoms with Gasteiger partial charge in [-0.1, -0.05) is 0 Å². The van der Waals surface area contributed by atoms with Crippen molar-refractivity contribution < 1.29 is 4.74 Å². The minimum atomic E-state index is 0.577. The minimum Gasteiger partial charge on any atom is -0.399 e. The number of nitrogen functional groups attached to an aromatic ring is 1. The van der Waals surface area contributed by atoms with Crippen molar-refractivity contribution >= 4 is 5.69 Å². The predicted octanol–water partition coefficient (Wildman–Crippen LogP) is 1.91. The van der Waals surface area contributed by atoms with Gasteiger partial charge in [-0.25, -0.2) is 4.68 Å². The SMILES string of the molecule is COCc1cnn(-c2ccc(N)c(C)c2)c1. The zero-order valence-corrected chi connectivity index (χ0v) is 9.47. The number of nitrogens with zero attached hydrogens (tertiary/aromatic N) is 2. The van der Waals surface area contributed by atoms with Crippen LogP contribution in [0.4, 0.5) is 5.69 Å². The van der Waals surface area contributed by atoms with Gasteiger partial charge in [0, 0.05) is 24.6 Å². The Morgan fingerprint density at radius 1 is 1.44 bits per heavy atom. The summed E-state index contributed by atoms with van der Waals surface area (Å²) in [4.78, 5) is 0. The van der Waals surface area contributed by atoms with Crippen molar-refractivity contribution in [2.45, 2.75) is 13.5 Å². The first kappa shape index (κ1) is 10.7. The lowest BCUT2D eigenvalue weighted by atomic mass is 10.2. The second-order valence-electron chi connectivity index (χ2n) is 3.77. The van der Waals surface area contributed by atoms with E-state index in [1.54, 1.807) is 13.3 Å². The maximum atomic E-state index is 5.77. The third kappa shape index (κ3) is 2.06. The lowest BCUT2D eigenvalue weighted by Gasteiger charge is -2.04. The van der Waals surface area contributed by atoms with Gasteiger partial charge in [-0.15, -0.1) is 0 Å². The van der Waals surface area contributed by atoms with Gasteiger partial charge in [0.2, 0.25) is 0 Å². The maximum Gasteiger partial charge on any atom is 0.0743 e. The number of aromatic nitrogens is 2. The third-order valence-electron chi connectivity index (χ3n) is 2.46. The van der Waals surface area contributed by atoms with Crippen LogP contribution in [0.15, 0.2) is 30.6 Å². The van der Waals surface area contributed by atoms with E-state index < -0.39 is 0 Å². The Bertz CT molecular complexity index is 491. The van der Waals surface area contributed by atoms with Crippen LogP contribution in [0.3, 0.4) is 0 Å². The molecule has 0 bridgehead atoms. The Hall–Kier alpha value is -1.81. The molecule has 0 aliphatic rings. The molecule has 0 aliphatic carbocycles. The standard InChI is InChI=1S/C12H15N3O/c1-9-5-11(3-4-12(9)13)15-7-10(6-14-15)8-16-2/h3-7H,8,13H2,1-2H3. The largest absolute Gasteiger partial charge is 0.399 e. The molecule has 0 unspecified atom stereocenters. The van der Waals surface area contributed by atoms with E-state index in [0.29, 0.717) is 6.61 Å². The molecule has 16 heavy (non-hydrogen) atoms. The van der Waals surface area contributed by atoms with Gasteiger partial charge in [0.15, 0.2) is 0 Å². The Morgan fingerprint density at radius 2 is 2.25 bits per heavy atom. The van der Waals surface area contributed by atoms with E-state index in [4.69, 9.17) is 10.5 Å². The Labute approximate surface area is 94.6 Å². The van der Waals surface area contributed by atoms with Gasteiger partial charge in [-0.3, -0.25) is 0 Å². The number of benzene rings is 1. The second kappa shape index (κ2) is 4.37. The zero-order valence-electron chi connectivity index (χ0n) is 9.47. The molecule has 0 saturated carbocycles. The molecule has 4 heteroatoms. The van der Waals surface area contributed by atoms with Crippen molar-refractivity contribution in [3.05, 3.63) is 41.7 Å². The van der Waals surface area contributed by atoms with Crippen molar-refractivity contribution in [2.24, 2.45) is 0 Å². The van der Waals surface area contributed by atoms with Gasteiger partial charge in [0.25, 0.3) is 0 Å².